The predicted octanol–water partition coefficient (Wildman–Crippen LogP) is 4.72. The zero-order valence-corrected chi connectivity index (χ0v) is 10.9. The Hall–Kier alpha value is -2.41. The van der Waals surface area contributed by atoms with Gasteiger partial charge in [-0.15, -0.1) is 0 Å². The van der Waals surface area contributed by atoms with Gasteiger partial charge in [0.25, 0.3) is 0 Å². The van der Waals surface area contributed by atoms with E-state index in [9.17, 15) is 0 Å². The number of rotatable bonds is 2. The number of pyridine rings is 1. The second kappa shape index (κ2) is 5.07. The largest absolute Gasteiger partial charge is 0.261 e. The van der Waals surface area contributed by atoms with Crippen LogP contribution in [-0.2, 0) is 0 Å². The molecule has 0 amide bonds. The van der Waals surface area contributed by atoms with E-state index in [4.69, 9.17) is 0 Å². The molecule has 19 heavy (non-hydrogen) atoms. The minimum absolute atomic E-state index is 1.04. The summed E-state index contributed by atoms with van der Waals surface area (Å²) in [4.78, 5) is 4.36. The SMILES string of the molecule is Cc1ccc(-c2cccc(-c3ccccc3)c2)cn1. The minimum Gasteiger partial charge on any atom is -0.261 e. The Kier molecular flexibility index (Phi) is 3.11. The molecule has 1 nitrogen and oxygen atoms in total. The van der Waals surface area contributed by atoms with E-state index in [0.29, 0.717) is 0 Å². The van der Waals surface area contributed by atoms with Crippen LogP contribution in [0.2, 0.25) is 0 Å². The van der Waals surface area contributed by atoms with Crippen LogP contribution in [0, 0.1) is 6.92 Å². The Balaban J connectivity index is 2.03. The molecule has 0 bridgehead atoms. The molecule has 0 N–H and O–H groups in total. The summed E-state index contributed by atoms with van der Waals surface area (Å²) < 4.78 is 0. The van der Waals surface area contributed by atoms with Gasteiger partial charge in [-0.1, -0.05) is 54.6 Å². The standard InChI is InChI=1S/C18H15N/c1-14-10-11-18(13-19-14)17-9-5-8-16(12-17)15-6-3-2-4-7-15/h2-13H,1H3. The Labute approximate surface area is 113 Å². The quantitative estimate of drug-likeness (QED) is 0.636. The van der Waals surface area contributed by atoms with E-state index in [1.165, 1.54) is 16.7 Å². The second-order valence-corrected chi connectivity index (χ2v) is 4.64. The monoisotopic (exact) mass is 245 g/mol. The third-order valence-corrected chi connectivity index (χ3v) is 3.21. The van der Waals surface area contributed by atoms with Crippen LogP contribution in [0.15, 0.2) is 72.9 Å². The van der Waals surface area contributed by atoms with Crippen molar-refractivity contribution in [3.05, 3.63) is 78.6 Å². The maximum Gasteiger partial charge on any atom is 0.0373 e. The summed E-state index contributed by atoms with van der Waals surface area (Å²) in [5, 5.41) is 0. The highest BCUT2D eigenvalue weighted by Gasteiger charge is 2.01. The number of aromatic nitrogens is 1. The molecule has 0 radical (unpaired) electrons. The van der Waals surface area contributed by atoms with Gasteiger partial charge < -0.3 is 0 Å². The Bertz CT molecular complexity index is 670. The molecular formula is C18H15N. The van der Waals surface area contributed by atoms with Gasteiger partial charge in [-0.25, -0.2) is 0 Å². The van der Waals surface area contributed by atoms with Crippen molar-refractivity contribution in [1.29, 1.82) is 0 Å². The molecule has 92 valence electrons. The maximum absolute atomic E-state index is 4.36. The van der Waals surface area contributed by atoms with Crippen LogP contribution in [0.4, 0.5) is 0 Å². The van der Waals surface area contributed by atoms with Gasteiger partial charge in [0.2, 0.25) is 0 Å². The lowest BCUT2D eigenvalue weighted by Crippen LogP contribution is -1.84. The van der Waals surface area contributed by atoms with Gasteiger partial charge in [0.05, 0.1) is 0 Å². The predicted molar refractivity (Wildman–Crippen MR) is 79.8 cm³/mol. The lowest BCUT2D eigenvalue weighted by molar-refractivity contribution is 1.20. The molecule has 3 aromatic rings. The Morgan fingerprint density at radius 1 is 0.632 bits per heavy atom. The van der Waals surface area contributed by atoms with Crippen LogP contribution in [-0.4, -0.2) is 4.98 Å². The van der Waals surface area contributed by atoms with Crippen LogP contribution in [0.25, 0.3) is 22.3 Å². The number of benzene rings is 2. The lowest BCUT2D eigenvalue weighted by atomic mass is 10.00. The summed E-state index contributed by atoms with van der Waals surface area (Å²) in [6, 6.07) is 23.2. The number of nitrogens with zero attached hydrogens (tertiary/aromatic N) is 1. The zero-order valence-electron chi connectivity index (χ0n) is 10.9. The molecule has 3 rings (SSSR count). The van der Waals surface area contributed by atoms with E-state index >= 15 is 0 Å². The number of aryl methyl sites for hydroxylation is 1. The molecule has 0 aliphatic heterocycles. The van der Waals surface area contributed by atoms with Crippen molar-refractivity contribution in [2.24, 2.45) is 0 Å². The first-order valence-corrected chi connectivity index (χ1v) is 6.41. The van der Waals surface area contributed by atoms with E-state index in [2.05, 4.69) is 59.6 Å². The van der Waals surface area contributed by atoms with Gasteiger partial charge in [-0.2, -0.15) is 0 Å². The van der Waals surface area contributed by atoms with Crippen molar-refractivity contribution in [3.8, 4) is 22.3 Å². The van der Waals surface area contributed by atoms with Crippen LogP contribution in [0.3, 0.4) is 0 Å². The van der Waals surface area contributed by atoms with Gasteiger partial charge in [-0.05, 0) is 35.7 Å². The molecule has 0 spiro atoms. The number of hydrogen-bond donors (Lipinski definition) is 0. The van der Waals surface area contributed by atoms with E-state index in [1.54, 1.807) is 0 Å². The molecule has 0 aliphatic carbocycles. The summed E-state index contributed by atoms with van der Waals surface area (Å²) in [6.45, 7) is 2.00. The molecule has 1 aromatic heterocycles. The van der Waals surface area contributed by atoms with Crippen molar-refractivity contribution in [1.82, 2.24) is 4.98 Å². The molecule has 1 heterocycles. The molecule has 1 heteroatoms. The van der Waals surface area contributed by atoms with Crippen LogP contribution in [0.1, 0.15) is 5.69 Å². The van der Waals surface area contributed by atoms with Gasteiger partial charge in [0, 0.05) is 17.5 Å². The topological polar surface area (TPSA) is 12.9 Å². The highest BCUT2D eigenvalue weighted by Crippen LogP contribution is 2.25. The van der Waals surface area contributed by atoms with E-state index in [0.717, 1.165) is 11.3 Å². The van der Waals surface area contributed by atoms with Crippen LogP contribution < -0.4 is 0 Å². The zero-order chi connectivity index (χ0) is 13.1. The molecule has 0 atom stereocenters. The fourth-order valence-corrected chi connectivity index (χ4v) is 2.15. The van der Waals surface area contributed by atoms with Crippen LogP contribution in [0.5, 0.6) is 0 Å². The molecule has 0 saturated heterocycles. The second-order valence-electron chi connectivity index (χ2n) is 4.64. The maximum atomic E-state index is 4.36. The third-order valence-electron chi connectivity index (χ3n) is 3.21. The van der Waals surface area contributed by atoms with Crippen molar-refractivity contribution in [2.75, 3.05) is 0 Å². The summed E-state index contributed by atoms with van der Waals surface area (Å²) in [5.41, 5.74) is 5.88. The first-order valence-electron chi connectivity index (χ1n) is 6.41. The number of hydrogen-bond acceptors (Lipinski definition) is 1. The van der Waals surface area contributed by atoms with E-state index < -0.39 is 0 Å². The minimum atomic E-state index is 1.04. The summed E-state index contributed by atoms with van der Waals surface area (Å²) in [7, 11) is 0. The van der Waals surface area contributed by atoms with Gasteiger partial charge >= 0.3 is 0 Å². The fourth-order valence-electron chi connectivity index (χ4n) is 2.15. The first kappa shape index (κ1) is 11.7. The van der Waals surface area contributed by atoms with Crippen molar-refractivity contribution in [3.63, 3.8) is 0 Å². The van der Waals surface area contributed by atoms with Crippen molar-refractivity contribution >= 4 is 0 Å². The molecule has 0 fully saturated rings. The summed E-state index contributed by atoms with van der Waals surface area (Å²) in [5.74, 6) is 0. The van der Waals surface area contributed by atoms with Gasteiger partial charge in [0.1, 0.15) is 0 Å². The van der Waals surface area contributed by atoms with E-state index in [-0.39, 0.29) is 0 Å². The molecular weight excluding hydrogens is 230 g/mol. The highest BCUT2D eigenvalue weighted by atomic mass is 14.7. The fraction of sp³-hybridized carbons (Fsp3) is 0.0556. The Morgan fingerprint density at radius 3 is 2.00 bits per heavy atom. The highest BCUT2D eigenvalue weighted by molar-refractivity contribution is 5.72. The lowest BCUT2D eigenvalue weighted by Gasteiger charge is -2.06. The Morgan fingerprint density at radius 2 is 1.32 bits per heavy atom. The third kappa shape index (κ3) is 2.55. The van der Waals surface area contributed by atoms with Crippen molar-refractivity contribution in [2.45, 2.75) is 6.92 Å². The molecule has 0 unspecified atom stereocenters. The molecule has 0 saturated carbocycles. The van der Waals surface area contributed by atoms with Crippen molar-refractivity contribution < 1.29 is 0 Å². The molecule has 2 aromatic carbocycles. The van der Waals surface area contributed by atoms with Gasteiger partial charge in [0.15, 0.2) is 0 Å². The summed E-state index contributed by atoms with van der Waals surface area (Å²) in [6.07, 6.45) is 1.93. The summed E-state index contributed by atoms with van der Waals surface area (Å²) >= 11 is 0. The normalized spacial score (nSPS) is 10.4. The van der Waals surface area contributed by atoms with E-state index in [1.807, 2.05) is 25.3 Å². The van der Waals surface area contributed by atoms with Crippen LogP contribution >= 0.6 is 0 Å². The van der Waals surface area contributed by atoms with Gasteiger partial charge in [-0.3, -0.25) is 4.98 Å². The first-order chi connectivity index (χ1) is 9.33. The average Bonchev–Trinajstić information content (AvgIpc) is 2.49. The molecule has 0 aliphatic rings. The average molecular weight is 245 g/mol. The smallest absolute Gasteiger partial charge is 0.0373 e.